The Morgan fingerprint density at radius 1 is 1.11 bits per heavy atom. The van der Waals surface area contributed by atoms with E-state index in [-0.39, 0.29) is 17.4 Å². The largest absolute Gasteiger partial charge is 0.464 e. The van der Waals surface area contributed by atoms with Gasteiger partial charge in [0.1, 0.15) is 11.9 Å². The minimum Gasteiger partial charge on any atom is -0.464 e. The quantitative estimate of drug-likeness (QED) is 0.259. The van der Waals surface area contributed by atoms with Crippen LogP contribution in [0, 0.1) is 6.92 Å². The smallest absolute Gasteiger partial charge is 0.328 e. The summed E-state index contributed by atoms with van der Waals surface area (Å²) >= 11 is 0. The molecule has 1 aliphatic rings. The van der Waals surface area contributed by atoms with Gasteiger partial charge in [0, 0.05) is 28.1 Å². The first-order valence-corrected chi connectivity index (χ1v) is 12.8. The maximum Gasteiger partial charge on any atom is 0.328 e. The zero-order valence-electron chi connectivity index (χ0n) is 21.1. The van der Waals surface area contributed by atoms with Gasteiger partial charge in [-0.25, -0.2) is 9.78 Å². The van der Waals surface area contributed by atoms with Gasteiger partial charge < -0.3 is 9.30 Å². The first-order valence-electron chi connectivity index (χ1n) is 12.8. The van der Waals surface area contributed by atoms with Gasteiger partial charge in [0.15, 0.2) is 0 Å². The second-order valence-corrected chi connectivity index (χ2v) is 9.50. The molecule has 0 spiro atoms. The first kappa shape index (κ1) is 24.0. The van der Waals surface area contributed by atoms with Crippen molar-refractivity contribution in [3.8, 4) is 0 Å². The van der Waals surface area contributed by atoms with E-state index in [2.05, 4.69) is 0 Å². The fourth-order valence-electron chi connectivity index (χ4n) is 5.44. The molecule has 1 atom stereocenters. The Bertz CT molecular complexity index is 1510. The van der Waals surface area contributed by atoms with Crippen LogP contribution in [-0.2, 0) is 9.53 Å². The predicted molar refractivity (Wildman–Crippen MR) is 143 cm³/mol. The summed E-state index contributed by atoms with van der Waals surface area (Å²) in [6, 6.07) is 14.9. The minimum atomic E-state index is -0.486. The third kappa shape index (κ3) is 4.23. The number of carbonyl (C=O) groups excluding carboxylic acids is 1. The molecule has 1 aliphatic carbocycles. The van der Waals surface area contributed by atoms with Crippen LogP contribution in [0.4, 0.5) is 0 Å². The molecule has 0 radical (unpaired) electrons. The van der Waals surface area contributed by atoms with Crippen LogP contribution in [0.3, 0.4) is 0 Å². The molecule has 0 aliphatic heterocycles. The van der Waals surface area contributed by atoms with Crippen LogP contribution in [0.25, 0.3) is 21.8 Å². The summed E-state index contributed by atoms with van der Waals surface area (Å²) in [5.41, 5.74) is 3.25. The van der Waals surface area contributed by atoms with E-state index >= 15 is 0 Å². The number of para-hydroxylation sites is 2. The van der Waals surface area contributed by atoms with Crippen LogP contribution in [0.15, 0.2) is 58.4 Å². The molecule has 2 heterocycles. The fraction of sp³-hybridized carbons (Fsp3) is 0.379. The summed E-state index contributed by atoms with van der Waals surface area (Å²) in [7, 11) is 0. The molecule has 1 saturated carbocycles. The van der Waals surface area contributed by atoms with Gasteiger partial charge in [0.25, 0.3) is 5.56 Å². The monoisotopic (exact) mass is 484 g/mol. The number of hydrogen-bond donors (Lipinski definition) is 0. The molecule has 0 bridgehead atoms. The van der Waals surface area contributed by atoms with Crippen molar-refractivity contribution in [2.24, 2.45) is 5.10 Å². The molecule has 7 nitrogen and oxygen atoms in total. The Morgan fingerprint density at radius 3 is 2.56 bits per heavy atom. The van der Waals surface area contributed by atoms with E-state index in [9.17, 15) is 9.59 Å². The molecule has 0 N–H and O–H groups in total. The number of nitrogens with zero attached hydrogens (tertiary/aromatic N) is 4. The lowest BCUT2D eigenvalue weighted by molar-refractivity contribution is -0.146. The minimum absolute atomic E-state index is 0.154. The highest BCUT2D eigenvalue weighted by Gasteiger charge is 2.24. The van der Waals surface area contributed by atoms with Crippen molar-refractivity contribution in [1.82, 2.24) is 14.2 Å². The number of ether oxygens (including phenoxy) is 1. The number of fused-ring (bicyclic) bond motifs is 2. The second kappa shape index (κ2) is 10.1. The molecular formula is C29H32N4O3. The topological polar surface area (TPSA) is 78.5 Å². The third-order valence-corrected chi connectivity index (χ3v) is 7.27. The third-order valence-electron chi connectivity index (χ3n) is 7.27. The lowest BCUT2D eigenvalue weighted by atomic mass is 9.88. The highest BCUT2D eigenvalue weighted by molar-refractivity contribution is 6.01. The van der Waals surface area contributed by atoms with Crippen molar-refractivity contribution in [1.29, 1.82) is 0 Å². The van der Waals surface area contributed by atoms with Crippen LogP contribution in [0.1, 0.15) is 75.0 Å². The van der Waals surface area contributed by atoms with Crippen molar-refractivity contribution >= 4 is 34.0 Å². The van der Waals surface area contributed by atoms with Gasteiger partial charge in [-0.2, -0.15) is 9.78 Å². The number of benzene rings is 2. The van der Waals surface area contributed by atoms with Gasteiger partial charge in [0.05, 0.1) is 23.7 Å². The molecule has 36 heavy (non-hydrogen) atoms. The number of carbonyl (C=O) groups is 1. The van der Waals surface area contributed by atoms with Crippen LogP contribution in [0.2, 0.25) is 0 Å². The van der Waals surface area contributed by atoms with Gasteiger partial charge in [-0.05, 0) is 51.8 Å². The number of hydrogen-bond acceptors (Lipinski definition) is 5. The van der Waals surface area contributed by atoms with Gasteiger partial charge >= 0.3 is 5.97 Å². The van der Waals surface area contributed by atoms with Gasteiger partial charge in [-0.3, -0.25) is 4.79 Å². The van der Waals surface area contributed by atoms with E-state index in [1.807, 2.05) is 67.8 Å². The molecule has 2 aromatic carbocycles. The normalized spacial score (nSPS) is 15.6. The Kier molecular flexibility index (Phi) is 6.72. The van der Waals surface area contributed by atoms with E-state index < -0.39 is 6.04 Å². The summed E-state index contributed by atoms with van der Waals surface area (Å²) < 4.78 is 8.78. The van der Waals surface area contributed by atoms with E-state index in [0.29, 0.717) is 17.5 Å². The van der Waals surface area contributed by atoms with Gasteiger partial charge in [-0.1, -0.05) is 49.6 Å². The fourth-order valence-corrected chi connectivity index (χ4v) is 5.44. The average Bonchev–Trinajstić information content (AvgIpc) is 3.19. The maximum atomic E-state index is 13.6. The summed E-state index contributed by atoms with van der Waals surface area (Å²) in [6.07, 6.45) is 7.25. The standard InChI is InChI=1S/C29H32N4O3/c1-4-36-29(35)20(3)32-19(2)24(22-14-9-11-17-26(22)32)18-30-33-27(21-12-6-5-7-13-21)31-25-16-10-8-15-23(25)28(33)34/h8-11,14-18,20-21H,4-7,12-13H2,1-3H3/t20-/m1/s1. The molecule has 0 saturated heterocycles. The van der Waals surface area contributed by atoms with Crippen LogP contribution in [-0.4, -0.2) is 33.0 Å². The Morgan fingerprint density at radius 2 is 1.81 bits per heavy atom. The van der Waals surface area contributed by atoms with Crippen LogP contribution >= 0.6 is 0 Å². The van der Waals surface area contributed by atoms with E-state index in [4.69, 9.17) is 14.8 Å². The van der Waals surface area contributed by atoms with Crippen LogP contribution in [0.5, 0.6) is 0 Å². The average molecular weight is 485 g/mol. The molecule has 186 valence electrons. The first-order chi connectivity index (χ1) is 17.5. The lowest BCUT2D eigenvalue weighted by Gasteiger charge is -2.22. The summed E-state index contributed by atoms with van der Waals surface area (Å²) in [4.78, 5) is 31.1. The van der Waals surface area contributed by atoms with Crippen molar-refractivity contribution in [3.63, 3.8) is 0 Å². The summed E-state index contributed by atoms with van der Waals surface area (Å²) in [5.74, 6) is 0.662. The highest BCUT2D eigenvalue weighted by Crippen LogP contribution is 2.32. The highest BCUT2D eigenvalue weighted by atomic mass is 16.5. The molecule has 7 heteroatoms. The van der Waals surface area contributed by atoms with E-state index in [0.717, 1.165) is 53.7 Å². The number of rotatable bonds is 6. The molecule has 0 amide bonds. The van der Waals surface area contributed by atoms with Crippen molar-refractivity contribution < 1.29 is 9.53 Å². The van der Waals surface area contributed by atoms with Crippen LogP contribution < -0.4 is 5.56 Å². The zero-order valence-corrected chi connectivity index (χ0v) is 21.1. The van der Waals surface area contributed by atoms with Gasteiger partial charge in [0.2, 0.25) is 0 Å². The predicted octanol–water partition coefficient (Wildman–Crippen LogP) is 5.71. The SMILES string of the molecule is CCOC(=O)[C@@H](C)n1c(C)c(C=Nn2c(C3CCCCC3)nc3ccccc3c2=O)c2ccccc21. The molecule has 1 fully saturated rings. The van der Waals surface area contributed by atoms with Crippen molar-refractivity contribution in [3.05, 3.63) is 76.0 Å². The molecule has 5 rings (SSSR count). The summed E-state index contributed by atoms with van der Waals surface area (Å²) in [6.45, 7) is 5.96. The molecule has 4 aromatic rings. The Hall–Kier alpha value is -3.74. The van der Waals surface area contributed by atoms with Crippen molar-refractivity contribution in [2.75, 3.05) is 6.61 Å². The summed E-state index contributed by atoms with van der Waals surface area (Å²) in [5, 5.41) is 6.28. The maximum absolute atomic E-state index is 13.6. The second-order valence-electron chi connectivity index (χ2n) is 9.50. The molecular weight excluding hydrogens is 452 g/mol. The van der Waals surface area contributed by atoms with Crippen molar-refractivity contribution in [2.45, 2.75) is 64.8 Å². The van der Waals surface area contributed by atoms with E-state index in [1.54, 1.807) is 12.3 Å². The Labute approximate surface area is 210 Å². The molecule has 0 unspecified atom stereocenters. The lowest BCUT2D eigenvalue weighted by Crippen LogP contribution is -2.25. The number of esters is 1. The van der Waals surface area contributed by atoms with E-state index in [1.165, 1.54) is 11.1 Å². The number of aromatic nitrogens is 3. The Balaban J connectivity index is 1.66. The van der Waals surface area contributed by atoms with Gasteiger partial charge in [-0.15, -0.1) is 0 Å². The zero-order chi connectivity index (χ0) is 25.2. The molecule has 2 aromatic heterocycles.